The monoisotopic (exact) mass is 544 g/mol. The van der Waals surface area contributed by atoms with Gasteiger partial charge in [-0.25, -0.2) is 9.37 Å². The second-order valence-corrected chi connectivity index (χ2v) is 9.28. The summed E-state index contributed by atoms with van der Waals surface area (Å²) in [7, 11) is 0. The van der Waals surface area contributed by atoms with E-state index in [-0.39, 0.29) is 34.7 Å². The maximum Gasteiger partial charge on any atom is 0.424 e. The lowest BCUT2D eigenvalue weighted by atomic mass is 9.81. The highest BCUT2D eigenvalue weighted by Gasteiger charge is 2.57. The Bertz CT molecular complexity index is 1610. The molecule has 0 saturated carbocycles. The summed E-state index contributed by atoms with van der Waals surface area (Å²) in [6.07, 6.45) is -2.71. The molecule has 0 radical (unpaired) electrons. The maximum absolute atomic E-state index is 14.5. The van der Waals surface area contributed by atoms with Gasteiger partial charge in [0.05, 0.1) is 17.8 Å². The number of carbonyl (C=O) groups excluding carboxylic acids is 2. The quantitative estimate of drug-likeness (QED) is 0.316. The average molecular weight is 544 g/mol. The molecule has 2 atom stereocenters. The largest absolute Gasteiger partial charge is 0.489 e. The molecule has 1 unspecified atom stereocenters. The number of hydrogen-bond acceptors (Lipinski definition) is 7. The minimum absolute atomic E-state index is 0.0181. The number of benzene rings is 1. The number of primary amides is 1. The highest BCUT2D eigenvalue weighted by molar-refractivity contribution is 5.94. The van der Waals surface area contributed by atoms with Crippen molar-refractivity contribution in [2.45, 2.75) is 24.1 Å². The van der Waals surface area contributed by atoms with Gasteiger partial charge in [-0.1, -0.05) is 0 Å². The lowest BCUT2D eigenvalue weighted by molar-refractivity contribution is -0.265. The standard InChI is InChI=1S/C25H20F4N6O4/c1-23(22(30)37)11-39-20-16(23)8-17(33-19(20)13-2-5-15(26)6-3-13)24(38,25(27,28)29)10-31-21(36)14-4-7-18-34-32-12-35(18)9-14/h2-9,12,38H,10-11H2,1H3,(H2,30,37)(H,31,36)/t23-,24?/m0/s1. The highest BCUT2D eigenvalue weighted by atomic mass is 19.4. The Morgan fingerprint density at radius 3 is 2.59 bits per heavy atom. The van der Waals surface area contributed by atoms with Crippen molar-refractivity contribution in [1.29, 1.82) is 0 Å². The van der Waals surface area contributed by atoms with Crippen LogP contribution in [0.25, 0.3) is 16.9 Å². The van der Waals surface area contributed by atoms with Gasteiger partial charge in [-0.05, 0) is 49.4 Å². The molecule has 2 amide bonds. The number of hydrogen-bond donors (Lipinski definition) is 3. The molecule has 10 nitrogen and oxygen atoms in total. The van der Waals surface area contributed by atoms with Crippen LogP contribution in [-0.2, 0) is 15.8 Å². The van der Waals surface area contributed by atoms with Gasteiger partial charge < -0.3 is 20.9 Å². The van der Waals surface area contributed by atoms with Crippen molar-refractivity contribution >= 4 is 17.5 Å². The summed E-state index contributed by atoms with van der Waals surface area (Å²) < 4.78 is 64.0. The average Bonchev–Trinajstić information content (AvgIpc) is 3.51. The molecule has 4 heterocycles. The van der Waals surface area contributed by atoms with Gasteiger partial charge >= 0.3 is 6.18 Å². The number of aliphatic hydroxyl groups is 1. The first-order valence-electron chi connectivity index (χ1n) is 11.4. The number of carbonyl (C=O) groups is 2. The molecule has 1 aromatic carbocycles. The second kappa shape index (κ2) is 9.01. The third-order valence-electron chi connectivity index (χ3n) is 6.68. The third kappa shape index (κ3) is 4.31. The first-order chi connectivity index (χ1) is 18.3. The van der Waals surface area contributed by atoms with Crippen LogP contribution >= 0.6 is 0 Å². The zero-order valence-electron chi connectivity index (χ0n) is 20.2. The predicted molar refractivity (Wildman–Crippen MR) is 127 cm³/mol. The van der Waals surface area contributed by atoms with E-state index in [1.165, 1.54) is 48.1 Å². The summed E-state index contributed by atoms with van der Waals surface area (Å²) in [6.45, 7) is -0.225. The molecule has 0 bridgehead atoms. The molecule has 0 saturated heterocycles. The molecule has 39 heavy (non-hydrogen) atoms. The number of pyridine rings is 2. The van der Waals surface area contributed by atoms with E-state index in [1.54, 1.807) is 0 Å². The number of nitrogens with zero attached hydrogens (tertiary/aromatic N) is 4. The summed E-state index contributed by atoms with van der Waals surface area (Å²) >= 11 is 0. The van der Waals surface area contributed by atoms with Crippen molar-refractivity contribution in [3.05, 3.63) is 77.6 Å². The van der Waals surface area contributed by atoms with E-state index in [0.717, 1.165) is 18.2 Å². The Morgan fingerprint density at radius 1 is 1.21 bits per heavy atom. The molecule has 0 aliphatic carbocycles. The van der Waals surface area contributed by atoms with Crippen LogP contribution in [0.2, 0.25) is 0 Å². The molecular formula is C25H20F4N6O4. The summed E-state index contributed by atoms with van der Waals surface area (Å²) in [5, 5.41) is 20.6. The molecule has 1 aliphatic rings. The van der Waals surface area contributed by atoms with E-state index in [0.29, 0.717) is 5.65 Å². The number of nitrogens with one attached hydrogen (secondary N) is 1. The fourth-order valence-corrected chi connectivity index (χ4v) is 4.21. The number of ether oxygens (including phenoxy) is 1. The molecule has 5 rings (SSSR count). The fourth-order valence-electron chi connectivity index (χ4n) is 4.21. The third-order valence-corrected chi connectivity index (χ3v) is 6.68. The molecular weight excluding hydrogens is 524 g/mol. The number of halogens is 4. The van der Waals surface area contributed by atoms with E-state index in [1.807, 2.05) is 0 Å². The predicted octanol–water partition coefficient (Wildman–Crippen LogP) is 2.25. The number of nitrogens with two attached hydrogens (primary N) is 1. The first-order valence-corrected chi connectivity index (χ1v) is 11.4. The van der Waals surface area contributed by atoms with Crippen LogP contribution in [0, 0.1) is 5.82 Å². The summed E-state index contributed by atoms with van der Waals surface area (Å²) in [5.41, 5.74) is -0.257. The van der Waals surface area contributed by atoms with Gasteiger partial charge in [-0.2, -0.15) is 13.2 Å². The Kier molecular flexibility index (Phi) is 6.01. The molecule has 202 valence electrons. The van der Waals surface area contributed by atoms with E-state index in [2.05, 4.69) is 20.5 Å². The van der Waals surface area contributed by atoms with Gasteiger partial charge in [-0.15, -0.1) is 10.2 Å². The zero-order valence-corrected chi connectivity index (χ0v) is 20.2. The van der Waals surface area contributed by atoms with Gasteiger partial charge in [0.25, 0.3) is 5.91 Å². The van der Waals surface area contributed by atoms with Crippen LogP contribution in [0.5, 0.6) is 5.75 Å². The Morgan fingerprint density at radius 2 is 1.92 bits per heavy atom. The maximum atomic E-state index is 14.5. The van der Waals surface area contributed by atoms with E-state index < -0.39 is 47.1 Å². The zero-order chi connectivity index (χ0) is 28.2. The number of aromatic nitrogens is 4. The van der Waals surface area contributed by atoms with Crippen LogP contribution in [0.4, 0.5) is 17.6 Å². The Balaban J connectivity index is 1.59. The normalized spacial score (nSPS) is 18.3. The SMILES string of the molecule is C[C@]1(C(N)=O)COc2c1cc(C(O)(CNC(=O)c1ccc3nncn3c1)C(F)(F)F)nc2-c1ccc(F)cc1. The van der Waals surface area contributed by atoms with Crippen molar-refractivity contribution in [3.8, 4) is 17.0 Å². The molecule has 4 N–H and O–H groups in total. The first kappa shape index (κ1) is 26.0. The van der Waals surface area contributed by atoms with E-state index in [9.17, 15) is 32.3 Å². The fraction of sp³-hybridized carbons (Fsp3) is 0.240. The van der Waals surface area contributed by atoms with Crippen LogP contribution in [0.3, 0.4) is 0 Å². The number of fused-ring (bicyclic) bond motifs is 2. The van der Waals surface area contributed by atoms with Gasteiger partial charge in [0.15, 0.2) is 5.65 Å². The Hall–Kier alpha value is -4.59. The molecule has 0 spiro atoms. The van der Waals surface area contributed by atoms with Gasteiger partial charge in [0, 0.05) is 17.3 Å². The lowest BCUT2D eigenvalue weighted by Gasteiger charge is -2.31. The molecule has 1 aliphatic heterocycles. The highest BCUT2D eigenvalue weighted by Crippen LogP contribution is 2.47. The van der Waals surface area contributed by atoms with Gasteiger partial charge in [-0.3, -0.25) is 14.0 Å². The van der Waals surface area contributed by atoms with Crippen LogP contribution in [0.1, 0.15) is 28.5 Å². The summed E-state index contributed by atoms with van der Waals surface area (Å²) in [6, 6.07) is 8.34. The van der Waals surface area contributed by atoms with Crippen molar-refractivity contribution in [2.75, 3.05) is 13.2 Å². The Labute approximate surface area is 217 Å². The van der Waals surface area contributed by atoms with Crippen molar-refractivity contribution in [1.82, 2.24) is 24.9 Å². The molecule has 0 fully saturated rings. The topological polar surface area (TPSA) is 145 Å². The van der Waals surface area contributed by atoms with E-state index >= 15 is 0 Å². The lowest BCUT2D eigenvalue weighted by Crippen LogP contribution is -2.51. The smallest absolute Gasteiger partial charge is 0.424 e. The van der Waals surface area contributed by atoms with Crippen molar-refractivity contribution in [3.63, 3.8) is 0 Å². The summed E-state index contributed by atoms with van der Waals surface area (Å²) in [5.74, 6) is -2.42. The number of alkyl halides is 3. The summed E-state index contributed by atoms with van der Waals surface area (Å²) in [4.78, 5) is 29.1. The molecule has 14 heteroatoms. The van der Waals surface area contributed by atoms with Crippen LogP contribution < -0.4 is 15.8 Å². The van der Waals surface area contributed by atoms with Crippen molar-refractivity contribution < 1.29 is 37.0 Å². The molecule has 4 aromatic rings. The molecule has 3 aromatic heterocycles. The van der Waals surface area contributed by atoms with Crippen LogP contribution in [0.15, 0.2) is 55.0 Å². The van der Waals surface area contributed by atoms with Crippen molar-refractivity contribution in [2.24, 2.45) is 5.73 Å². The number of amides is 2. The number of rotatable bonds is 6. The van der Waals surface area contributed by atoms with Crippen LogP contribution in [-0.4, -0.2) is 55.8 Å². The van der Waals surface area contributed by atoms with Gasteiger partial charge in [0.1, 0.15) is 35.6 Å². The van der Waals surface area contributed by atoms with Gasteiger partial charge in [0.2, 0.25) is 11.5 Å². The minimum Gasteiger partial charge on any atom is -0.489 e. The van der Waals surface area contributed by atoms with E-state index in [4.69, 9.17) is 10.5 Å². The minimum atomic E-state index is -5.33. The second-order valence-electron chi connectivity index (χ2n) is 9.28.